The Kier molecular flexibility index (Phi) is 6.68. The van der Waals surface area contributed by atoms with Crippen LogP contribution >= 0.6 is 0 Å². The minimum Gasteiger partial charge on any atom is -0.497 e. The van der Waals surface area contributed by atoms with Crippen LogP contribution in [-0.2, 0) is 17.5 Å². The van der Waals surface area contributed by atoms with E-state index in [4.69, 9.17) is 9.47 Å². The Morgan fingerprint density at radius 1 is 0.943 bits per heavy atom. The van der Waals surface area contributed by atoms with Gasteiger partial charge in [0.25, 0.3) is 5.91 Å². The lowest BCUT2D eigenvalue weighted by molar-refractivity contribution is -0.138. The summed E-state index contributed by atoms with van der Waals surface area (Å²) in [6.07, 6.45) is -3.51. The lowest BCUT2D eigenvalue weighted by Crippen LogP contribution is -2.48. The zero-order valence-electron chi connectivity index (χ0n) is 18.8. The van der Waals surface area contributed by atoms with Gasteiger partial charge in [-0.1, -0.05) is 30.3 Å². The summed E-state index contributed by atoms with van der Waals surface area (Å²) in [6, 6.07) is 18.5. The lowest BCUT2D eigenvalue weighted by Gasteiger charge is -2.17. The molecule has 1 fully saturated rings. The summed E-state index contributed by atoms with van der Waals surface area (Å²) < 4.78 is 50.5. The number of nitrogens with one attached hydrogen (secondary N) is 2. The fourth-order valence-electron chi connectivity index (χ4n) is 3.51. The topological polar surface area (TPSA) is 76.7 Å². The minimum absolute atomic E-state index is 0.0733. The SMILES string of the molecule is COc1ccc(Oc2ccc(CNC(=O)C3(NC(=O)c4ccccc4)CC3)cc2)c(C(F)(F)F)c1. The molecule has 0 radical (unpaired) electrons. The summed E-state index contributed by atoms with van der Waals surface area (Å²) in [4.78, 5) is 25.1. The molecule has 4 rings (SSSR count). The van der Waals surface area contributed by atoms with Crippen LogP contribution in [0.3, 0.4) is 0 Å². The van der Waals surface area contributed by atoms with E-state index >= 15 is 0 Å². The quantitative estimate of drug-likeness (QED) is 0.467. The number of carbonyl (C=O) groups excluding carboxylic acids is 2. The van der Waals surface area contributed by atoms with E-state index in [1.54, 1.807) is 42.5 Å². The van der Waals surface area contributed by atoms with Crippen molar-refractivity contribution in [2.24, 2.45) is 0 Å². The third kappa shape index (κ3) is 5.74. The fraction of sp³-hybridized carbons (Fsp3) is 0.231. The minimum atomic E-state index is -4.61. The Balaban J connectivity index is 1.36. The average Bonchev–Trinajstić information content (AvgIpc) is 3.64. The van der Waals surface area contributed by atoms with Crippen molar-refractivity contribution in [3.63, 3.8) is 0 Å². The number of benzene rings is 3. The van der Waals surface area contributed by atoms with Gasteiger partial charge in [-0.2, -0.15) is 13.2 Å². The second kappa shape index (κ2) is 9.69. The third-order valence-corrected chi connectivity index (χ3v) is 5.67. The van der Waals surface area contributed by atoms with Crippen LogP contribution in [0.15, 0.2) is 72.8 Å². The van der Waals surface area contributed by atoms with Crippen LogP contribution in [0, 0.1) is 0 Å². The van der Waals surface area contributed by atoms with Crippen molar-refractivity contribution in [3.8, 4) is 17.2 Å². The molecular weight excluding hydrogens is 461 g/mol. The largest absolute Gasteiger partial charge is 0.497 e. The van der Waals surface area contributed by atoms with Gasteiger partial charge in [-0.15, -0.1) is 0 Å². The molecule has 9 heteroatoms. The summed E-state index contributed by atoms with van der Waals surface area (Å²) in [5.74, 6) is -0.649. The first-order valence-corrected chi connectivity index (χ1v) is 10.9. The molecule has 2 N–H and O–H groups in total. The number of alkyl halides is 3. The molecule has 0 spiro atoms. The Bertz CT molecular complexity index is 1210. The predicted molar refractivity (Wildman–Crippen MR) is 122 cm³/mol. The summed E-state index contributed by atoms with van der Waals surface area (Å²) in [5.41, 5.74) is -0.659. The van der Waals surface area contributed by atoms with Crippen LogP contribution in [0.1, 0.15) is 34.3 Å². The van der Waals surface area contributed by atoms with Gasteiger partial charge in [0.05, 0.1) is 7.11 Å². The second-order valence-electron chi connectivity index (χ2n) is 8.19. The van der Waals surface area contributed by atoms with E-state index in [9.17, 15) is 22.8 Å². The van der Waals surface area contributed by atoms with Gasteiger partial charge < -0.3 is 20.1 Å². The molecule has 182 valence electrons. The summed E-state index contributed by atoms with van der Waals surface area (Å²) >= 11 is 0. The molecule has 3 aromatic rings. The molecule has 35 heavy (non-hydrogen) atoms. The highest BCUT2D eigenvalue weighted by Gasteiger charge is 2.51. The molecule has 0 aliphatic heterocycles. The van der Waals surface area contributed by atoms with Crippen molar-refractivity contribution < 1.29 is 32.2 Å². The van der Waals surface area contributed by atoms with Crippen LogP contribution in [0.2, 0.25) is 0 Å². The number of hydrogen-bond donors (Lipinski definition) is 2. The van der Waals surface area contributed by atoms with Crippen LogP contribution < -0.4 is 20.1 Å². The highest BCUT2D eigenvalue weighted by molar-refractivity contribution is 6.00. The van der Waals surface area contributed by atoms with E-state index in [1.165, 1.54) is 31.4 Å². The van der Waals surface area contributed by atoms with Crippen LogP contribution in [0.25, 0.3) is 0 Å². The first-order valence-electron chi connectivity index (χ1n) is 10.9. The number of carbonyl (C=O) groups is 2. The van der Waals surface area contributed by atoms with Gasteiger partial charge in [0.1, 0.15) is 28.4 Å². The average molecular weight is 484 g/mol. The zero-order valence-corrected chi connectivity index (χ0v) is 18.8. The van der Waals surface area contributed by atoms with Gasteiger partial charge in [-0.05, 0) is 60.9 Å². The molecule has 6 nitrogen and oxygen atoms in total. The van der Waals surface area contributed by atoms with E-state index in [1.807, 2.05) is 0 Å². The number of amides is 2. The molecule has 0 bridgehead atoms. The van der Waals surface area contributed by atoms with Gasteiger partial charge in [0.2, 0.25) is 5.91 Å². The van der Waals surface area contributed by atoms with E-state index in [0.29, 0.717) is 18.4 Å². The normalized spacial score (nSPS) is 14.1. The molecule has 0 saturated heterocycles. The highest BCUT2D eigenvalue weighted by atomic mass is 19.4. The molecule has 1 saturated carbocycles. The Morgan fingerprint density at radius 3 is 2.20 bits per heavy atom. The van der Waals surface area contributed by atoms with Gasteiger partial charge in [0.15, 0.2) is 0 Å². The van der Waals surface area contributed by atoms with Crippen molar-refractivity contribution in [1.29, 1.82) is 0 Å². The van der Waals surface area contributed by atoms with E-state index in [-0.39, 0.29) is 35.6 Å². The molecule has 0 heterocycles. The molecule has 1 aliphatic carbocycles. The van der Waals surface area contributed by atoms with E-state index < -0.39 is 17.3 Å². The summed E-state index contributed by atoms with van der Waals surface area (Å²) in [6.45, 7) is 0.193. The number of hydrogen-bond acceptors (Lipinski definition) is 4. The van der Waals surface area contributed by atoms with Gasteiger partial charge in [-0.3, -0.25) is 9.59 Å². The maximum absolute atomic E-state index is 13.4. The van der Waals surface area contributed by atoms with Crippen LogP contribution in [0.5, 0.6) is 17.2 Å². The highest BCUT2D eigenvalue weighted by Crippen LogP contribution is 2.40. The molecule has 0 aromatic heterocycles. The summed E-state index contributed by atoms with van der Waals surface area (Å²) in [7, 11) is 1.29. The smallest absolute Gasteiger partial charge is 0.420 e. The maximum atomic E-state index is 13.4. The van der Waals surface area contributed by atoms with E-state index in [0.717, 1.165) is 11.6 Å². The number of methoxy groups -OCH3 is 1. The fourth-order valence-corrected chi connectivity index (χ4v) is 3.51. The van der Waals surface area contributed by atoms with Gasteiger partial charge in [0, 0.05) is 12.1 Å². The van der Waals surface area contributed by atoms with Crippen molar-refractivity contribution in [1.82, 2.24) is 10.6 Å². The van der Waals surface area contributed by atoms with Crippen molar-refractivity contribution >= 4 is 11.8 Å². The lowest BCUT2D eigenvalue weighted by atomic mass is 10.1. The summed E-state index contributed by atoms with van der Waals surface area (Å²) in [5, 5.41) is 5.62. The Labute approximate surface area is 200 Å². The predicted octanol–water partition coefficient (Wildman–Crippen LogP) is 5.09. The standard InChI is InChI=1S/C26H23F3N2O4/c1-34-20-11-12-22(21(15-20)26(27,28)29)35-19-9-7-17(8-10-19)16-30-24(33)25(13-14-25)31-23(32)18-5-3-2-4-6-18/h2-12,15H,13-14,16H2,1H3,(H,30,33)(H,31,32). The van der Waals surface area contributed by atoms with Crippen LogP contribution in [0.4, 0.5) is 13.2 Å². The van der Waals surface area contributed by atoms with Gasteiger partial charge in [-0.25, -0.2) is 0 Å². The Hall–Kier alpha value is -4.01. The van der Waals surface area contributed by atoms with Gasteiger partial charge >= 0.3 is 6.18 Å². The number of rotatable bonds is 8. The number of halogens is 3. The van der Waals surface area contributed by atoms with E-state index in [2.05, 4.69) is 10.6 Å². The second-order valence-corrected chi connectivity index (χ2v) is 8.19. The first-order chi connectivity index (χ1) is 16.7. The zero-order chi connectivity index (χ0) is 25.1. The molecule has 3 aromatic carbocycles. The van der Waals surface area contributed by atoms with Crippen molar-refractivity contribution in [2.45, 2.75) is 31.1 Å². The molecule has 1 aliphatic rings. The van der Waals surface area contributed by atoms with Crippen molar-refractivity contribution in [3.05, 3.63) is 89.5 Å². The maximum Gasteiger partial charge on any atom is 0.420 e. The Morgan fingerprint density at radius 2 is 1.60 bits per heavy atom. The van der Waals surface area contributed by atoms with Crippen LogP contribution in [-0.4, -0.2) is 24.5 Å². The molecule has 0 atom stereocenters. The number of ether oxygens (including phenoxy) is 2. The molecule has 2 amide bonds. The third-order valence-electron chi connectivity index (χ3n) is 5.67. The molecular formula is C26H23F3N2O4. The monoisotopic (exact) mass is 484 g/mol. The van der Waals surface area contributed by atoms with Crippen molar-refractivity contribution in [2.75, 3.05) is 7.11 Å². The first kappa shape index (κ1) is 24.1. The molecule has 0 unspecified atom stereocenters.